The third-order valence-electron chi connectivity index (χ3n) is 2.79. The second kappa shape index (κ2) is 6.39. The summed E-state index contributed by atoms with van der Waals surface area (Å²) in [4.78, 5) is 0.277. The molecule has 0 bridgehead atoms. The third-order valence-corrected chi connectivity index (χ3v) is 3.98. The Morgan fingerprint density at radius 1 is 1.20 bits per heavy atom. The second-order valence-electron chi connectivity index (χ2n) is 5.92. The van der Waals surface area contributed by atoms with Crippen molar-refractivity contribution in [3.8, 4) is 0 Å². The Hall–Kier alpha value is -0.680. The fourth-order valence-corrected chi connectivity index (χ4v) is 2.87. The van der Waals surface area contributed by atoms with E-state index in [4.69, 9.17) is 5.73 Å². The molecule has 0 aliphatic rings. The maximum absolute atomic E-state index is 13.2. The number of rotatable bonds is 4. The molecular formula is C15H22F3NS. The van der Waals surface area contributed by atoms with Gasteiger partial charge in [0.2, 0.25) is 0 Å². The lowest BCUT2D eigenvalue weighted by atomic mass is 10.0. The van der Waals surface area contributed by atoms with Gasteiger partial charge < -0.3 is 5.73 Å². The average Bonchev–Trinajstić information content (AvgIpc) is 2.27. The van der Waals surface area contributed by atoms with E-state index in [0.717, 1.165) is 6.42 Å². The van der Waals surface area contributed by atoms with E-state index in [-0.39, 0.29) is 15.7 Å². The molecule has 0 fully saturated rings. The zero-order valence-corrected chi connectivity index (χ0v) is 13.2. The summed E-state index contributed by atoms with van der Waals surface area (Å²) >= 11 is 1.24. The lowest BCUT2D eigenvalue weighted by molar-refractivity contribution is -0.139. The predicted molar refractivity (Wildman–Crippen MR) is 79.0 cm³/mol. The first-order chi connectivity index (χ1) is 9.03. The van der Waals surface area contributed by atoms with Crippen molar-refractivity contribution in [3.63, 3.8) is 0 Å². The maximum Gasteiger partial charge on any atom is 0.417 e. The number of benzene rings is 1. The maximum atomic E-state index is 13.2. The molecule has 1 aromatic rings. The summed E-state index contributed by atoms with van der Waals surface area (Å²) in [6.45, 7) is 7.63. The van der Waals surface area contributed by atoms with E-state index in [0.29, 0.717) is 12.0 Å². The molecule has 114 valence electrons. The van der Waals surface area contributed by atoms with Crippen molar-refractivity contribution in [3.05, 3.63) is 29.3 Å². The molecule has 0 radical (unpaired) electrons. The van der Waals surface area contributed by atoms with E-state index in [9.17, 15) is 13.2 Å². The quantitative estimate of drug-likeness (QED) is 0.803. The monoisotopic (exact) mass is 305 g/mol. The van der Waals surface area contributed by atoms with Gasteiger partial charge in [0.1, 0.15) is 0 Å². The zero-order chi connectivity index (χ0) is 15.6. The first-order valence-electron chi connectivity index (χ1n) is 6.67. The molecule has 0 amide bonds. The molecule has 0 aliphatic carbocycles. The minimum atomic E-state index is -4.33. The van der Waals surface area contributed by atoms with Crippen LogP contribution in [0, 0.1) is 0 Å². The summed E-state index contributed by atoms with van der Waals surface area (Å²) in [5.74, 6) is 0. The summed E-state index contributed by atoms with van der Waals surface area (Å²) < 4.78 is 39.3. The van der Waals surface area contributed by atoms with Gasteiger partial charge in [0.25, 0.3) is 0 Å². The first kappa shape index (κ1) is 17.4. The van der Waals surface area contributed by atoms with Crippen LogP contribution >= 0.6 is 11.8 Å². The van der Waals surface area contributed by atoms with E-state index >= 15 is 0 Å². The molecular weight excluding hydrogens is 283 g/mol. The van der Waals surface area contributed by atoms with Gasteiger partial charge in [0.05, 0.1) is 5.56 Å². The molecule has 0 saturated heterocycles. The third kappa shape index (κ3) is 5.37. The van der Waals surface area contributed by atoms with Crippen LogP contribution < -0.4 is 5.73 Å². The van der Waals surface area contributed by atoms with Crippen molar-refractivity contribution in [2.75, 3.05) is 0 Å². The van der Waals surface area contributed by atoms with E-state index in [1.165, 1.54) is 17.8 Å². The fraction of sp³-hybridized carbons (Fsp3) is 0.600. The van der Waals surface area contributed by atoms with Crippen LogP contribution in [-0.2, 0) is 12.6 Å². The molecule has 2 N–H and O–H groups in total. The predicted octanol–water partition coefficient (Wildman–Crippen LogP) is 4.88. The van der Waals surface area contributed by atoms with Crippen LogP contribution in [0.3, 0.4) is 0 Å². The van der Waals surface area contributed by atoms with Crippen LogP contribution in [0.15, 0.2) is 23.1 Å². The Morgan fingerprint density at radius 3 is 2.25 bits per heavy atom. The van der Waals surface area contributed by atoms with Crippen LogP contribution in [0.4, 0.5) is 13.2 Å². The Labute approximate surface area is 123 Å². The van der Waals surface area contributed by atoms with Gasteiger partial charge in [-0.25, -0.2) is 0 Å². The lowest BCUT2D eigenvalue weighted by Gasteiger charge is -2.22. The van der Waals surface area contributed by atoms with Gasteiger partial charge in [-0.05, 0) is 30.5 Å². The van der Waals surface area contributed by atoms with E-state index in [1.807, 2.05) is 27.7 Å². The topological polar surface area (TPSA) is 26.0 Å². The van der Waals surface area contributed by atoms with Crippen molar-refractivity contribution in [2.45, 2.75) is 62.4 Å². The van der Waals surface area contributed by atoms with E-state index < -0.39 is 11.7 Å². The van der Waals surface area contributed by atoms with Gasteiger partial charge >= 0.3 is 6.18 Å². The smallest absolute Gasteiger partial charge is 0.327 e. The van der Waals surface area contributed by atoms with Crippen molar-refractivity contribution < 1.29 is 13.2 Å². The largest absolute Gasteiger partial charge is 0.417 e. The van der Waals surface area contributed by atoms with Gasteiger partial charge in [-0.2, -0.15) is 13.2 Å². The SMILES string of the molecule is CCC(N)Cc1ccc(SC(C)(C)C)c(C(F)(F)F)c1. The standard InChI is InChI=1S/C15H22F3NS/c1-5-11(19)8-10-6-7-13(20-14(2,3)4)12(9-10)15(16,17)18/h6-7,9,11H,5,8,19H2,1-4H3. The minimum absolute atomic E-state index is 0.0998. The zero-order valence-electron chi connectivity index (χ0n) is 12.3. The molecule has 0 saturated carbocycles. The van der Waals surface area contributed by atoms with Crippen LogP contribution in [0.2, 0.25) is 0 Å². The highest BCUT2D eigenvalue weighted by atomic mass is 32.2. The van der Waals surface area contributed by atoms with E-state index in [1.54, 1.807) is 12.1 Å². The number of thioether (sulfide) groups is 1. The van der Waals surface area contributed by atoms with Gasteiger partial charge in [-0.3, -0.25) is 0 Å². The van der Waals surface area contributed by atoms with Crippen molar-refractivity contribution in [1.29, 1.82) is 0 Å². The van der Waals surface area contributed by atoms with Crippen LogP contribution in [0.5, 0.6) is 0 Å². The van der Waals surface area contributed by atoms with Crippen molar-refractivity contribution in [1.82, 2.24) is 0 Å². The number of alkyl halides is 3. The Morgan fingerprint density at radius 2 is 1.80 bits per heavy atom. The highest BCUT2D eigenvalue weighted by molar-refractivity contribution is 8.00. The molecule has 0 aliphatic heterocycles. The Kier molecular flexibility index (Phi) is 5.55. The molecule has 0 spiro atoms. The van der Waals surface area contributed by atoms with Crippen molar-refractivity contribution in [2.24, 2.45) is 5.73 Å². The molecule has 0 heterocycles. The Bertz CT molecular complexity index is 449. The molecule has 20 heavy (non-hydrogen) atoms. The summed E-state index contributed by atoms with van der Waals surface area (Å²) in [6.07, 6.45) is -3.11. The first-order valence-corrected chi connectivity index (χ1v) is 7.49. The Balaban J connectivity index is 3.14. The van der Waals surface area contributed by atoms with Gasteiger partial charge in [0, 0.05) is 15.7 Å². The molecule has 1 atom stereocenters. The fourth-order valence-electron chi connectivity index (χ4n) is 1.79. The average molecular weight is 305 g/mol. The molecule has 1 nitrogen and oxygen atoms in total. The number of nitrogens with two attached hydrogens (primary N) is 1. The van der Waals surface area contributed by atoms with Gasteiger partial charge in [-0.15, -0.1) is 11.8 Å². The number of hydrogen-bond acceptors (Lipinski definition) is 2. The lowest BCUT2D eigenvalue weighted by Crippen LogP contribution is -2.22. The van der Waals surface area contributed by atoms with E-state index in [2.05, 4.69) is 0 Å². The highest BCUT2D eigenvalue weighted by Gasteiger charge is 2.34. The van der Waals surface area contributed by atoms with Crippen LogP contribution in [-0.4, -0.2) is 10.8 Å². The number of halogens is 3. The highest BCUT2D eigenvalue weighted by Crippen LogP contribution is 2.41. The van der Waals surface area contributed by atoms with Gasteiger partial charge in [-0.1, -0.05) is 33.8 Å². The summed E-state index contributed by atoms with van der Waals surface area (Å²) in [5, 5.41) is 0. The molecule has 1 unspecified atom stereocenters. The van der Waals surface area contributed by atoms with Crippen molar-refractivity contribution >= 4 is 11.8 Å². The van der Waals surface area contributed by atoms with Gasteiger partial charge in [0.15, 0.2) is 0 Å². The normalized spacial score (nSPS) is 14.4. The molecule has 0 aromatic heterocycles. The summed E-state index contributed by atoms with van der Waals surface area (Å²) in [6, 6.07) is 4.45. The number of hydrogen-bond donors (Lipinski definition) is 1. The minimum Gasteiger partial charge on any atom is -0.327 e. The molecule has 1 rings (SSSR count). The summed E-state index contributed by atoms with van der Waals surface area (Å²) in [7, 11) is 0. The molecule has 1 aromatic carbocycles. The second-order valence-corrected chi connectivity index (χ2v) is 7.78. The molecule has 5 heteroatoms. The van der Waals surface area contributed by atoms with Crippen LogP contribution in [0.1, 0.15) is 45.2 Å². The summed E-state index contributed by atoms with van der Waals surface area (Å²) in [5.41, 5.74) is 5.90. The van der Waals surface area contributed by atoms with Crippen LogP contribution in [0.25, 0.3) is 0 Å².